The highest BCUT2D eigenvalue weighted by molar-refractivity contribution is 4.76. The van der Waals surface area contributed by atoms with Crippen molar-refractivity contribution in [3.05, 3.63) is 40.5 Å². The Labute approximate surface area is 99.7 Å². The van der Waals surface area contributed by atoms with E-state index in [2.05, 4.69) is 0 Å². The molecule has 18 heavy (non-hydrogen) atoms. The van der Waals surface area contributed by atoms with Crippen molar-refractivity contribution in [3.63, 3.8) is 0 Å². The summed E-state index contributed by atoms with van der Waals surface area (Å²) in [5, 5.41) is 38.8. The van der Waals surface area contributed by atoms with Gasteiger partial charge in [0.2, 0.25) is 19.7 Å². The molecule has 0 aromatic carbocycles. The monoisotopic (exact) mass is 268 g/mol. The third-order valence-electron chi connectivity index (χ3n) is 2.11. The van der Waals surface area contributed by atoms with Crippen LogP contribution in [0.4, 0.5) is 0 Å². The molecule has 0 amide bonds. The van der Waals surface area contributed by atoms with Crippen molar-refractivity contribution in [1.82, 2.24) is 10.0 Å². The van der Waals surface area contributed by atoms with Crippen LogP contribution in [-0.2, 0) is 0 Å². The van der Waals surface area contributed by atoms with Crippen molar-refractivity contribution in [2.75, 3.05) is 19.7 Å². The molecular weight excluding hydrogens is 260 g/mol. The number of rotatable bonds is 4. The molecular formula is C4H6N6O8. The van der Waals surface area contributed by atoms with Crippen LogP contribution in [0.5, 0.6) is 0 Å². The van der Waals surface area contributed by atoms with Crippen molar-refractivity contribution in [2.24, 2.45) is 0 Å². The minimum absolute atomic E-state index is 0.551. The maximum atomic E-state index is 10.8. The molecule has 1 heterocycles. The fourth-order valence-corrected chi connectivity index (χ4v) is 1.22. The SMILES string of the molecule is [2H]C1([2H])N([N+](=O)[O-])CC([N+](=O)[O-])([N+](=O)[O-])CN1[N+](=O)[O-]. The van der Waals surface area contributed by atoms with Crippen molar-refractivity contribution in [3.8, 4) is 0 Å². The summed E-state index contributed by atoms with van der Waals surface area (Å²) in [7, 11) is 0. The Hall–Kier alpha value is -2.80. The minimum atomic E-state index is -3.36. The summed E-state index contributed by atoms with van der Waals surface area (Å²) in [5.74, 6) is 0. The van der Waals surface area contributed by atoms with Gasteiger partial charge in [-0.3, -0.25) is 20.2 Å². The van der Waals surface area contributed by atoms with E-state index < -0.39 is 55.3 Å². The molecule has 14 heteroatoms. The van der Waals surface area contributed by atoms with E-state index in [4.69, 9.17) is 2.74 Å². The standard InChI is InChI=1S/C4H6N6O8/c11-7(12)4(8(13)14)1-5(9(15)16)3-6(2-4)10(17)18/h1-3H2/i3D2. The largest absolute Gasteiger partial charge is 0.503 e. The molecule has 1 rings (SSSR count). The number of hydrogen-bond acceptors (Lipinski definition) is 8. The van der Waals surface area contributed by atoms with Crippen molar-refractivity contribution in [2.45, 2.75) is 5.66 Å². The van der Waals surface area contributed by atoms with Crippen LogP contribution in [0.1, 0.15) is 2.74 Å². The topological polar surface area (TPSA) is 179 Å². The molecule has 0 aliphatic carbocycles. The van der Waals surface area contributed by atoms with Crippen LogP contribution >= 0.6 is 0 Å². The van der Waals surface area contributed by atoms with Gasteiger partial charge in [0.25, 0.3) is 0 Å². The molecule has 1 aliphatic rings. The second kappa shape index (κ2) is 4.22. The first kappa shape index (κ1) is 10.4. The minimum Gasteiger partial charge on any atom is -0.258 e. The van der Waals surface area contributed by atoms with E-state index in [0.29, 0.717) is 0 Å². The Morgan fingerprint density at radius 2 is 1.22 bits per heavy atom. The third kappa shape index (κ3) is 2.02. The first-order chi connectivity index (χ1) is 8.96. The lowest BCUT2D eigenvalue weighted by Gasteiger charge is -2.28. The van der Waals surface area contributed by atoms with Gasteiger partial charge in [0, 0.05) is 0 Å². The molecule has 100 valence electrons. The molecule has 0 spiro atoms. The van der Waals surface area contributed by atoms with Gasteiger partial charge < -0.3 is 0 Å². The summed E-state index contributed by atoms with van der Waals surface area (Å²) >= 11 is 0. The molecule has 0 bridgehead atoms. The first-order valence-corrected chi connectivity index (χ1v) is 4.09. The van der Waals surface area contributed by atoms with Gasteiger partial charge in [0.15, 0.2) is 10.1 Å². The maximum Gasteiger partial charge on any atom is 0.503 e. The highest BCUT2D eigenvalue weighted by Gasteiger charge is 2.66. The molecule has 0 unspecified atom stereocenters. The zero-order chi connectivity index (χ0) is 15.9. The Kier molecular flexibility index (Phi) is 2.43. The molecule has 14 nitrogen and oxygen atoms in total. The van der Waals surface area contributed by atoms with Crippen LogP contribution < -0.4 is 0 Å². The quantitative estimate of drug-likeness (QED) is 0.320. The summed E-state index contributed by atoms with van der Waals surface area (Å²) < 4.78 is 14.5. The van der Waals surface area contributed by atoms with Crippen molar-refractivity contribution in [1.29, 1.82) is 0 Å². The Morgan fingerprint density at radius 1 is 0.889 bits per heavy atom. The van der Waals surface area contributed by atoms with Gasteiger partial charge in [0.1, 0.15) is 9.85 Å². The van der Waals surface area contributed by atoms with Crippen LogP contribution in [-0.4, -0.2) is 55.3 Å². The molecule has 0 N–H and O–H groups in total. The molecule has 1 aliphatic heterocycles. The second-order valence-electron chi connectivity index (χ2n) is 3.19. The lowest BCUT2D eigenvalue weighted by Crippen LogP contribution is -2.68. The van der Waals surface area contributed by atoms with Gasteiger partial charge in [-0.1, -0.05) is 10.0 Å². The van der Waals surface area contributed by atoms with E-state index in [1.807, 2.05) is 0 Å². The average Bonchev–Trinajstić information content (AvgIpc) is 2.26. The highest BCUT2D eigenvalue weighted by Crippen LogP contribution is 2.21. The van der Waals surface area contributed by atoms with E-state index in [9.17, 15) is 40.5 Å². The van der Waals surface area contributed by atoms with E-state index in [-0.39, 0.29) is 0 Å². The van der Waals surface area contributed by atoms with Gasteiger partial charge >= 0.3 is 5.66 Å². The predicted octanol–water partition coefficient (Wildman–Crippen LogP) is -1.81. The second-order valence-corrected chi connectivity index (χ2v) is 3.19. The van der Waals surface area contributed by atoms with E-state index in [1.54, 1.807) is 0 Å². The summed E-state index contributed by atoms with van der Waals surface area (Å²) in [6.07, 6.45) is 0. The molecule has 0 aromatic rings. The number of hydrogen-bond donors (Lipinski definition) is 0. The number of nitro groups is 4. The predicted molar refractivity (Wildman–Crippen MR) is 49.0 cm³/mol. The van der Waals surface area contributed by atoms with Gasteiger partial charge in [0.05, 0.1) is 2.74 Å². The average molecular weight is 268 g/mol. The molecule has 0 atom stereocenters. The Balaban J connectivity index is 3.43. The molecule has 0 aromatic heterocycles. The van der Waals surface area contributed by atoms with Crippen LogP contribution in [0.3, 0.4) is 0 Å². The summed E-state index contributed by atoms with van der Waals surface area (Å²) in [6.45, 7) is -6.48. The maximum absolute atomic E-state index is 10.8. The van der Waals surface area contributed by atoms with Crippen molar-refractivity contribution < 1.29 is 22.7 Å². The summed E-state index contributed by atoms with van der Waals surface area (Å²) in [6, 6.07) is 0. The van der Waals surface area contributed by atoms with E-state index >= 15 is 0 Å². The smallest absolute Gasteiger partial charge is 0.258 e. The number of hydrazine groups is 2. The number of nitrogens with zero attached hydrogens (tertiary/aromatic N) is 6. The van der Waals surface area contributed by atoms with Gasteiger partial charge in [-0.15, -0.1) is 0 Å². The third-order valence-corrected chi connectivity index (χ3v) is 2.11. The van der Waals surface area contributed by atoms with E-state index in [0.717, 1.165) is 0 Å². The van der Waals surface area contributed by atoms with Gasteiger partial charge in [-0.2, -0.15) is 0 Å². The van der Waals surface area contributed by atoms with Crippen LogP contribution in [0.15, 0.2) is 0 Å². The van der Waals surface area contributed by atoms with Crippen LogP contribution in [0.25, 0.3) is 0 Å². The lowest BCUT2D eigenvalue weighted by atomic mass is 10.1. The fourth-order valence-electron chi connectivity index (χ4n) is 1.22. The summed E-state index contributed by atoms with van der Waals surface area (Å²) in [4.78, 5) is 39.9. The molecule has 1 saturated heterocycles. The van der Waals surface area contributed by atoms with E-state index in [1.165, 1.54) is 0 Å². The fraction of sp³-hybridized carbons (Fsp3) is 1.00. The Morgan fingerprint density at radius 3 is 1.44 bits per heavy atom. The summed E-state index contributed by atoms with van der Waals surface area (Å²) in [5.41, 5.74) is -3.29. The first-order valence-electron chi connectivity index (χ1n) is 5.09. The molecule has 0 saturated carbocycles. The Bertz CT molecular complexity index is 453. The zero-order valence-electron chi connectivity index (χ0n) is 10.4. The molecule has 1 fully saturated rings. The van der Waals surface area contributed by atoms with Crippen molar-refractivity contribution >= 4 is 0 Å². The van der Waals surface area contributed by atoms with Gasteiger partial charge in [-0.25, -0.2) is 20.2 Å². The molecule has 0 radical (unpaired) electrons. The van der Waals surface area contributed by atoms with Gasteiger partial charge in [-0.05, 0) is 0 Å². The highest BCUT2D eigenvalue weighted by atomic mass is 16.7. The zero-order valence-corrected chi connectivity index (χ0v) is 8.36. The van der Waals surface area contributed by atoms with Crippen LogP contribution in [0, 0.1) is 40.5 Å². The van der Waals surface area contributed by atoms with Crippen LogP contribution in [0.2, 0.25) is 0 Å². The lowest BCUT2D eigenvalue weighted by molar-refractivity contribution is -0.837. The normalized spacial score (nSPS) is 22.7.